The molecule has 1 heterocycles. The summed E-state index contributed by atoms with van der Waals surface area (Å²) < 4.78 is 15.2. The van der Waals surface area contributed by atoms with Crippen LogP contribution in [0.15, 0.2) is 65.8 Å². The number of rotatable bonds is 4. The highest BCUT2D eigenvalue weighted by Gasteiger charge is 2.09. The third kappa shape index (κ3) is 4.15. The lowest BCUT2D eigenvalue weighted by atomic mass is 10.2. The number of anilines is 1. The van der Waals surface area contributed by atoms with E-state index in [4.69, 9.17) is 12.2 Å². The zero-order chi connectivity index (χ0) is 18.5. The Morgan fingerprint density at radius 1 is 1.08 bits per heavy atom. The van der Waals surface area contributed by atoms with Gasteiger partial charge < -0.3 is 9.88 Å². The maximum atomic E-state index is 13.2. The molecule has 2 N–H and O–H groups in total. The minimum atomic E-state index is -0.248. The number of nitrogens with zero attached hydrogens (tertiary/aromatic N) is 2. The number of para-hydroxylation sites is 1. The second-order valence-electron chi connectivity index (χ2n) is 5.83. The predicted molar refractivity (Wildman–Crippen MR) is 109 cm³/mol. The molecule has 4 nitrogen and oxygen atoms in total. The third-order valence-electron chi connectivity index (χ3n) is 3.96. The van der Waals surface area contributed by atoms with Crippen LogP contribution >= 0.6 is 12.2 Å². The summed E-state index contributed by atoms with van der Waals surface area (Å²) >= 11 is 5.23. The van der Waals surface area contributed by atoms with Crippen molar-refractivity contribution in [2.24, 2.45) is 5.10 Å². The van der Waals surface area contributed by atoms with Crippen LogP contribution in [0.5, 0.6) is 0 Å². The van der Waals surface area contributed by atoms with Crippen molar-refractivity contribution in [3.63, 3.8) is 0 Å². The smallest absolute Gasteiger partial charge is 0.191 e. The first-order valence-corrected chi connectivity index (χ1v) is 8.55. The molecule has 0 saturated carbocycles. The van der Waals surface area contributed by atoms with Crippen molar-refractivity contribution in [1.29, 1.82) is 0 Å². The molecule has 0 unspecified atom stereocenters. The molecule has 0 aliphatic rings. The van der Waals surface area contributed by atoms with Crippen LogP contribution in [0.4, 0.5) is 10.1 Å². The fourth-order valence-corrected chi connectivity index (χ4v) is 2.92. The Bertz CT molecular complexity index is 930. The van der Waals surface area contributed by atoms with Gasteiger partial charge in [0.15, 0.2) is 5.11 Å². The van der Waals surface area contributed by atoms with E-state index in [1.807, 2.05) is 50.2 Å². The molecule has 132 valence electrons. The SMILES string of the molecule is Cc1cc(/C=N/NC(=S)Nc2ccccc2)c(C)n1-c1ccc(F)cc1. The average molecular weight is 366 g/mol. The van der Waals surface area contributed by atoms with Crippen LogP contribution in [-0.2, 0) is 0 Å². The number of thiocarbonyl (C=S) groups is 1. The lowest BCUT2D eigenvalue weighted by Crippen LogP contribution is -2.23. The van der Waals surface area contributed by atoms with E-state index in [1.54, 1.807) is 18.3 Å². The fourth-order valence-electron chi connectivity index (χ4n) is 2.75. The Kier molecular flexibility index (Phi) is 5.43. The van der Waals surface area contributed by atoms with Gasteiger partial charge in [-0.05, 0) is 68.5 Å². The number of hydrogen-bond acceptors (Lipinski definition) is 2. The number of halogens is 1. The van der Waals surface area contributed by atoms with Gasteiger partial charge >= 0.3 is 0 Å². The van der Waals surface area contributed by atoms with E-state index in [9.17, 15) is 4.39 Å². The van der Waals surface area contributed by atoms with Crippen molar-refractivity contribution in [2.45, 2.75) is 13.8 Å². The molecule has 0 amide bonds. The largest absolute Gasteiger partial charge is 0.331 e. The molecule has 0 radical (unpaired) electrons. The van der Waals surface area contributed by atoms with E-state index >= 15 is 0 Å². The third-order valence-corrected chi connectivity index (χ3v) is 4.15. The molecule has 1 aromatic heterocycles. The van der Waals surface area contributed by atoms with Gasteiger partial charge in [0.2, 0.25) is 0 Å². The molecule has 3 aromatic rings. The number of hydrogen-bond donors (Lipinski definition) is 2. The number of hydrazone groups is 1. The van der Waals surface area contributed by atoms with Gasteiger partial charge in [-0.2, -0.15) is 5.10 Å². The molecule has 26 heavy (non-hydrogen) atoms. The normalized spacial score (nSPS) is 10.9. The summed E-state index contributed by atoms with van der Waals surface area (Å²) in [6.45, 7) is 4.00. The van der Waals surface area contributed by atoms with Gasteiger partial charge in [0.1, 0.15) is 5.82 Å². The van der Waals surface area contributed by atoms with Crippen LogP contribution in [0.3, 0.4) is 0 Å². The first kappa shape index (κ1) is 17.8. The van der Waals surface area contributed by atoms with Crippen molar-refractivity contribution < 1.29 is 4.39 Å². The van der Waals surface area contributed by atoms with E-state index in [1.165, 1.54) is 12.1 Å². The van der Waals surface area contributed by atoms with E-state index in [0.717, 1.165) is 28.3 Å². The molecule has 0 atom stereocenters. The lowest BCUT2D eigenvalue weighted by Gasteiger charge is -2.09. The molecule has 0 aliphatic heterocycles. The Morgan fingerprint density at radius 3 is 2.46 bits per heavy atom. The summed E-state index contributed by atoms with van der Waals surface area (Å²) in [7, 11) is 0. The highest BCUT2D eigenvalue weighted by Crippen LogP contribution is 2.20. The van der Waals surface area contributed by atoms with Gasteiger partial charge in [0.05, 0.1) is 6.21 Å². The highest BCUT2D eigenvalue weighted by atomic mass is 32.1. The van der Waals surface area contributed by atoms with Crippen LogP contribution in [0, 0.1) is 19.7 Å². The van der Waals surface area contributed by atoms with Crippen LogP contribution in [0.1, 0.15) is 17.0 Å². The highest BCUT2D eigenvalue weighted by molar-refractivity contribution is 7.80. The molecule has 0 fully saturated rings. The Labute approximate surface area is 157 Å². The number of aryl methyl sites for hydroxylation is 1. The summed E-state index contributed by atoms with van der Waals surface area (Å²) in [5.41, 5.74) is 7.64. The molecule has 0 aliphatic carbocycles. The monoisotopic (exact) mass is 366 g/mol. The standard InChI is InChI=1S/C20H19FN4S/c1-14-12-16(15(2)25(14)19-10-8-17(21)9-11-19)13-22-24-20(26)23-18-6-4-3-5-7-18/h3-13H,1-2H3,(H2,23,24,26)/b22-13+. The minimum absolute atomic E-state index is 0.248. The van der Waals surface area contributed by atoms with Gasteiger partial charge in [-0.15, -0.1) is 0 Å². The molecule has 2 aromatic carbocycles. The van der Waals surface area contributed by atoms with E-state index in [0.29, 0.717) is 5.11 Å². The number of aromatic nitrogens is 1. The van der Waals surface area contributed by atoms with Gasteiger partial charge in [-0.3, -0.25) is 5.43 Å². The second kappa shape index (κ2) is 7.93. The van der Waals surface area contributed by atoms with Crippen molar-refractivity contribution in [2.75, 3.05) is 5.32 Å². The molecule has 0 saturated heterocycles. The van der Waals surface area contributed by atoms with Gasteiger partial charge in [0.25, 0.3) is 0 Å². The number of nitrogens with one attached hydrogen (secondary N) is 2. The molecule has 0 spiro atoms. The zero-order valence-electron chi connectivity index (χ0n) is 14.5. The Morgan fingerprint density at radius 2 is 1.77 bits per heavy atom. The van der Waals surface area contributed by atoms with Crippen molar-refractivity contribution in [3.05, 3.63) is 83.4 Å². The van der Waals surface area contributed by atoms with Crippen LogP contribution in [-0.4, -0.2) is 15.9 Å². The maximum absolute atomic E-state index is 13.2. The van der Waals surface area contributed by atoms with Crippen LogP contribution in [0.25, 0.3) is 5.69 Å². The first-order valence-electron chi connectivity index (χ1n) is 8.14. The Balaban J connectivity index is 1.70. The van der Waals surface area contributed by atoms with Crippen molar-refractivity contribution >= 4 is 29.2 Å². The topological polar surface area (TPSA) is 41.4 Å². The minimum Gasteiger partial charge on any atom is -0.331 e. The summed E-state index contributed by atoms with van der Waals surface area (Å²) in [5.74, 6) is -0.248. The van der Waals surface area contributed by atoms with E-state index in [-0.39, 0.29) is 5.82 Å². The van der Waals surface area contributed by atoms with Crippen molar-refractivity contribution in [3.8, 4) is 5.69 Å². The molecule has 3 rings (SSSR count). The molecule has 0 bridgehead atoms. The van der Waals surface area contributed by atoms with Crippen molar-refractivity contribution in [1.82, 2.24) is 9.99 Å². The lowest BCUT2D eigenvalue weighted by molar-refractivity contribution is 0.627. The average Bonchev–Trinajstić information content (AvgIpc) is 2.90. The quantitative estimate of drug-likeness (QED) is 0.404. The van der Waals surface area contributed by atoms with E-state index < -0.39 is 0 Å². The zero-order valence-corrected chi connectivity index (χ0v) is 15.3. The first-order chi connectivity index (χ1) is 12.5. The second-order valence-corrected chi connectivity index (χ2v) is 6.24. The van der Waals surface area contributed by atoms with E-state index in [2.05, 4.69) is 20.4 Å². The molecule has 6 heteroatoms. The summed E-state index contributed by atoms with van der Waals surface area (Å²) in [5, 5.41) is 7.68. The molecular formula is C20H19FN4S. The summed E-state index contributed by atoms with van der Waals surface area (Å²) in [6.07, 6.45) is 1.72. The molecular weight excluding hydrogens is 347 g/mol. The number of benzene rings is 2. The summed E-state index contributed by atoms with van der Waals surface area (Å²) in [6, 6.07) is 18.1. The van der Waals surface area contributed by atoms with Crippen LogP contribution in [0.2, 0.25) is 0 Å². The fraction of sp³-hybridized carbons (Fsp3) is 0.100. The van der Waals surface area contributed by atoms with Gasteiger partial charge in [-0.1, -0.05) is 18.2 Å². The summed E-state index contributed by atoms with van der Waals surface area (Å²) in [4.78, 5) is 0. The van der Waals surface area contributed by atoms with Gasteiger partial charge in [-0.25, -0.2) is 4.39 Å². The maximum Gasteiger partial charge on any atom is 0.191 e. The Hall–Kier alpha value is -2.99. The predicted octanol–water partition coefficient (Wildman–Crippen LogP) is 4.55. The van der Waals surface area contributed by atoms with Crippen LogP contribution < -0.4 is 10.7 Å². The van der Waals surface area contributed by atoms with Gasteiger partial charge in [0, 0.05) is 28.3 Å².